The number of halogens is 1. The first kappa shape index (κ1) is 25.1. The number of hydrogen-bond donors (Lipinski definition) is 2. The highest BCUT2D eigenvalue weighted by molar-refractivity contribution is 7.93. The zero-order chi connectivity index (χ0) is 26.0. The summed E-state index contributed by atoms with van der Waals surface area (Å²) >= 11 is 0. The second-order valence-corrected chi connectivity index (χ2v) is 9.80. The van der Waals surface area contributed by atoms with Gasteiger partial charge in [-0.15, -0.1) is 10.2 Å². The second-order valence-electron chi connectivity index (χ2n) is 7.77. The van der Waals surface area contributed by atoms with Gasteiger partial charge in [0.1, 0.15) is 40.1 Å². The van der Waals surface area contributed by atoms with Gasteiger partial charge in [-0.05, 0) is 37.3 Å². The standard InChI is InChI=1S/C22H24FN7O5S/c1-13(20(31)15-9-8-14(23)12-24-15)36(32,33)28-22-26-25-21(16-10-11-29(2)27-16)30(22)19-17(34-3)6-5-7-18(19)35-4/h5-13,20,31H,1-4H3,(H,26,28)/t13-,20+/m1/s1. The summed E-state index contributed by atoms with van der Waals surface area (Å²) in [4.78, 5) is 3.78. The van der Waals surface area contributed by atoms with Crippen LogP contribution >= 0.6 is 0 Å². The van der Waals surface area contributed by atoms with Gasteiger partial charge in [-0.2, -0.15) is 5.10 Å². The SMILES string of the molecule is COc1cccc(OC)c1-n1c(NS(=O)(=O)[C@H](C)[C@H](O)c2ccc(F)cn2)nnc1-c1ccn(C)n1. The number of pyridine rings is 1. The second kappa shape index (κ2) is 9.91. The van der Waals surface area contributed by atoms with Gasteiger partial charge in [0.15, 0.2) is 5.82 Å². The highest BCUT2D eigenvalue weighted by Gasteiger charge is 2.33. The van der Waals surface area contributed by atoms with Crippen molar-refractivity contribution in [1.29, 1.82) is 0 Å². The summed E-state index contributed by atoms with van der Waals surface area (Å²) in [5.74, 6) is 0.125. The van der Waals surface area contributed by atoms with Crippen LogP contribution in [0.2, 0.25) is 0 Å². The molecular weight excluding hydrogens is 493 g/mol. The van der Waals surface area contributed by atoms with Crippen LogP contribution in [0.5, 0.6) is 11.5 Å². The van der Waals surface area contributed by atoms with E-state index in [1.165, 1.54) is 31.8 Å². The van der Waals surface area contributed by atoms with Gasteiger partial charge in [0.05, 0.1) is 26.1 Å². The number of ether oxygens (including phenoxy) is 2. The van der Waals surface area contributed by atoms with E-state index >= 15 is 0 Å². The van der Waals surface area contributed by atoms with Gasteiger partial charge in [-0.1, -0.05) is 6.07 Å². The predicted octanol–water partition coefficient (Wildman–Crippen LogP) is 2.08. The Morgan fingerprint density at radius 3 is 2.33 bits per heavy atom. The van der Waals surface area contributed by atoms with Gasteiger partial charge in [0, 0.05) is 13.2 Å². The Bertz CT molecular complexity index is 1450. The molecule has 0 saturated carbocycles. The molecule has 0 aliphatic heterocycles. The molecule has 4 rings (SSSR count). The molecule has 12 nitrogen and oxygen atoms in total. The Morgan fingerprint density at radius 1 is 1.08 bits per heavy atom. The van der Waals surface area contributed by atoms with E-state index in [4.69, 9.17) is 9.47 Å². The molecule has 3 heterocycles. The Hall–Kier alpha value is -4.04. The summed E-state index contributed by atoms with van der Waals surface area (Å²) < 4.78 is 56.2. The average molecular weight is 518 g/mol. The number of rotatable bonds is 9. The van der Waals surface area contributed by atoms with Crippen LogP contribution in [0.3, 0.4) is 0 Å². The lowest BCUT2D eigenvalue weighted by molar-refractivity contribution is 0.171. The molecule has 0 unspecified atom stereocenters. The molecule has 0 fully saturated rings. The molecule has 4 aromatic rings. The normalized spacial score (nSPS) is 13.3. The monoisotopic (exact) mass is 517 g/mol. The Kier molecular flexibility index (Phi) is 6.90. The maximum atomic E-state index is 13.3. The highest BCUT2D eigenvalue weighted by Crippen LogP contribution is 2.37. The number of sulfonamides is 1. The number of para-hydroxylation sites is 1. The first-order valence-corrected chi connectivity index (χ1v) is 12.2. The molecule has 36 heavy (non-hydrogen) atoms. The van der Waals surface area contributed by atoms with Crippen LogP contribution in [0.4, 0.5) is 10.3 Å². The molecule has 14 heteroatoms. The van der Waals surface area contributed by atoms with Crippen molar-refractivity contribution in [1.82, 2.24) is 29.5 Å². The summed E-state index contributed by atoms with van der Waals surface area (Å²) in [5.41, 5.74) is 0.738. The number of hydrogen-bond acceptors (Lipinski definition) is 9. The summed E-state index contributed by atoms with van der Waals surface area (Å²) in [7, 11) is 0.377. The fourth-order valence-electron chi connectivity index (χ4n) is 3.51. The fraction of sp³-hybridized carbons (Fsp3) is 0.273. The summed E-state index contributed by atoms with van der Waals surface area (Å²) in [6.45, 7) is 1.29. The topological polar surface area (TPSA) is 146 Å². The van der Waals surface area contributed by atoms with Crippen LogP contribution in [0, 0.1) is 5.82 Å². The van der Waals surface area contributed by atoms with Crippen molar-refractivity contribution in [3.05, 3.63) is 60.3 Å². The van der Waals surface area contributed by atoms with E-state index in [0.29, 0.717) is 22.9 Å². The minimum Gasteiger partial charge on any atom is -0.494 e. The van der Waals surface area contributed by atoms with E-state index in [2.05, 4.69) is 25.0 Å². The Labute approximate surface area is 206 Å². The third-order valence-corrected chi connectivity index (χ3v) is 7.16. The zero-order valence-corrected chi connectivity index (χ0v) is 20.6. The molecule has 0 radical (unpaired) electrons. The van der Waals surface area contributed by atoms with Crippen molar-refractivity contribution in [2.24, 2.45) is 7.05 Å². The minimum absolute atomic E-state index is 0.00341. The van der Waals surface area contributed by atoms with Crippen LogP contribution in [-0.4, -0.2) is 62.5 Å². The lowest BCUT2D eigenvalue weighted by Gasteiger charge is -2.21. The van der Waals surface area contributed by atoms with E-state index < -0.39 is 27.2 Å². The first-order valence-electron chi connectivity index (χ1n) is 10.6. The van der Waals surface area contributed by atoms with Crippen molar-refractivity contribution >= 4 is 16.0 Å². The van der Waals surface area contributed by atoms with Crippen LogP contribution in [-0.2, 0) is 17.1 Å². The maximum absolute atomic E-state index is 13.3. The number of aliphatic hydroxyl groups is 1. The van der Waals surface area contributed by atoms with Gasteiger partial charge >= 0.3 is 0 Å². The molecule has 3 aromatic heterocycles. The lowest BCUT2D eigenvalue weighted by Crippen LogP contribution is -2.32. The molecule has 0 bridgehead atoms. The van der Waals surface area contributed by atoms with Crippen LogP contribution in [0.25, 0.3) is 17.2 Å². The van der Waals surface area contributed by atoms with E-state index in [1.54, 1.807) is 42.2 Å². The van der Waals surface area contributed by atoms with E-state index in [9.17, 15) is 17.9 Å². The van der Waals surface area contributed by atoms with E-state index in [0.717, 1.165) is 12.3 Å². The van der Waals surface area contributed by atoms with Gasteiger partial charge in [0.2, 0.25) is 16.0 Å². The molecule has 0 aliphatic carbocycles. The van der Waals surface area contributed by atoms with Gasteiger partial charge < -0.3 is 14.6 Å². The smallest absolute Gasteiger partial charge is 0.243 e. The quantitative estimate of drug-likeness (QED) is 0.341. The first-order chi connectivity index (χ1) is 17.2. The number of methoxy groups -OCH3 is 2. The Balaban J connectivity index is 1.81. The molecule has 0 aliphatic rings. The van der Waals surface area contributed by atoms with Crippen LogP contribution in [0.15, 0.2) is 48.8 Å². The van der Waals surface area contributed by atoms with Crippen molar-refractivity contribution < 1.29 is 27.4 Å². The van der Waals surface area contributed by atoms with Crippen LogP contribution < -0.4 is 14.2 Å². The van der Waals surface area contributed by atoms with E-state index in [1.807, 2.05) is 0 Å². The molecule has 0 amide bonds. The molecule has 0 spiro atoms. The average Bonchev–Trinajstić information content (AvgIpc) is 3.48. The van der Waals surface area contributed by atoms with Crippen molar-refractivity contribution in [2.45, 2.75) is 18.3 Å². The summed E-state index contributed by atoms with van der Waals surface area (Å²) in [6, 6.07) is 9.04. The predicted molar refractivity (Wildman–Crippen MR) is 128 cm³/mol. The molecule has 1 aromatic carbocycles. The number of aliphatic hydroxyl groups excluding tert-OH is 1. The van der Waals surface area contributed by atoms with E-state index in [-0.39, 0.29) is 17.5 Å². The third kappa shape index (κ3) is 4.72. The van der Waals surface area contributed by atoms with Crippen LogP contribution in [0.1, 0.15) is 18.7 Å². The van der Waals surface area contributed by atoms with Gasteiger partial charge in [0.25, 0.3) is 0 Å². The zero-order valence-electron chi connectivity index (χ0n) is 19.8. The maximum Gasteiger partial charge on any atom is 0.243 e. The molecule has 0 saturated heterocycles. The fourth-order valence-corrected chi connectivity index (χ4v) is 4.56. The largest absolute Gasteiger partial charge is 0.494 e. The third-order valence-electron chi connectivity index (χ3n) is 5.45. The number of aryl methyl sites for hydroxylation is 1. The highest BCUT2D eigenvalue weighted by atomic mass is 32.2. The van der Waals surface area contributed by atoms with Crippen molar-refractivity contribution in [3.8, 4) is 28.7 Å². The minimum atomic E-state index is -4.27. The number of aromatic nitrogens is 6. The number of nitrogens with one attached hydrogen (secondary N) is 1. The Morgan fingerprint density at radius 2 is 1.78 bits per heavy atom. The van der Waals surface area contributed by atoms with Gasteiger partial charge in [-0.25, -0.2) is 12.8 Å². The van der Waals surface area contributed by atoms with Crippen molar-refractivity contribution in [2.75, 3.05) is 18.9 Å². The number of nitrogens with zero attached hydrogens (tertiary/aromatic N) is 6. The van der Waals surface area contributed by atoms with Gasteiger partial charge in [-0.3, -0.25) is 19.0 Å². The molecule has 2 N–H and O–H groups in total. The summed E-state index contributed by atoms with van der Waals surface area (Å²) in [5, 5.41) is 21.8. The summed E-state index contributed by atoms with van der Waals surface area (Å²) in [6.07, 6.45) is 1.05. The number of anilines is 1. The number of benzene rings is 1. The molecular formula is C22H24FN7O5S. The molecule has 2 atom stereocenters. The van der Waals surface area contributed by atoms with Crippen molar-refractivity contribution in [3.63, 3.8) is 0 Å². The molecule has 190 valence electrons. The lowest BCUT2D eigenvalue weighted by atomic mass is 10.2.